The van der Waals surface area contributed by atoms with Gasteiger partial charge in [0, 0.05) is 9.89 Å². The van der Waals surface area contributed by atoms with Gasteiger partial charge >= 0.3 is 0 Å². The van der Waals surface area contributed by atoms with Gasteiger partial charge in [-0.2, -0.15) is 0 Å². The number of benzene rings is 1. The lowest BCUT2D eigenvalue weighted by atomic mass is 9.68. The molecule has 1 heterocycles. The van der Waals surface area contributed by atoms with Crippen LogP contribution in [0, 0.1) is 5.41 Å². The molecule has 3 aliphatic rings. The summed E-state index contributed by atoms with van der Waals surface area (Å²) in [7, 11) is 0. The summed E-state index contributed by atoms with van der Waals surface area (Å²) in [4.78, 5) is 12.7. The van der Waals surface area contributed by atoms with E-state index in [-0.39, 0.29) is 11.3 Å². The summed E-state index contributed by atoms with van der Waals surface area (Å²) in [5.74, 6) is -0.0111. The van der Waals surface area contributed by atoms with Gasteiger partial charge in [-0.3, -0.25) is 4.79 Å². The average Bonchev–Trinajstić information content (AvgIpc) is 3.04. The molecule has 5 heteroatoms. The van der Waals surface area contributed by atoms with Crippen LogP contribution in [0.15, 0.2) is 34.8 Å². The fourth-order valence-corrected chi connectivity index (χ4v) is 4.61. The Morgan fingerprint density at radius 1 is 1.25 bits per heavy atom. The first-order chi connectivity index (χ1) is 9.57. The molecule has 102 valence electrons. The number of hydrogen-bond acceptors (Lipinski definition) is 2. The van der Waals surface area contributed by atoms with Crippen molar-refractivity contribution in [1.29, 1.82) is 0 Å². The van der Waals surface area contributed by atoms with Gasteiger partial charge in [-0.15, -0.1) is 0 Å². The molecule has 1 aromatic rings. The normalized spacial score (nSPS) is 29.1. The van der Waals surface area contributed by atoms with Crippen molar-refractivity contribution in [3.8, 4) is 0 Å². The highest BCUT2D eigenvalue weighted by molar-refractivity contribution is 9.10. The van der Waals surface area contributed by atoms with E-state index in [1.807, 2.05) is 6.07 Å². The van der Waals surface area contributed by atoms with Crippen LogP contribution in [0.2, 0.25) is 0 Å². The van der Waals surface area contributed by atoms with Crippen LogP contribution >= 0.6 is 28.1 Å². The van der Waals surface area contributed by atoms with Crippen molar-refractivity contribution in [3.63, 3.8) is 0 Å². The van der Waals surface area contributed by atoms with E-state index in [2.05, 4.69) is 50.8 Å². The molecule has 2 aliphatic carbocycles. The van der Waals surface area contributed by atoms with E-state index < -0.39 is 5.54 Å². The van der Waals surface area contributed by atoms with Gasteiger partial charge in [-0.25, -0.2) is 0 Å². The van der Waals surface area contributed by atoms with E-state index in [1.54, 1.807) is 0 Å². The molecule has 0 saturated carbocycles. The molecular formula is C15H13BrN2OS. The van der Waals surface area contributed by atoms with Crippen LogP contribution in [0.3, 0.4) is 0 Å². The number of rotatable bonds is 0. The second-order valence-corrected chi connectivity index (χ2v) is 7.12. The first-order valence-electron chi connectivity index (χ1n) is 6.65. The Labute approximate surface area is 130 Å². The number of hydrogen-bond donors (Lipinski definition) is 2. The van der Waals surface area contributed by atoms with Gasteiger partial charge in [-0.1, -0.05) is 34.1 Å². The molecule has 1 aliphatic heterocycles. The van der Waals surface area contributed by atoms with E-state index in [0.717, 1.165) is 29.3 Å². The molecule has 20 heavy (non-hydrogen) atoms. The van der Waals surface area contributed by atoms with Crippen LogP contribution in [0.25, 0.3) is 0 Å². The van der Waals surface area contributed by atoms with E-state index >= 15 is 0 Å². The van der Waals surface area contributed by atoms with Gasteiger partial charge in [0.1, 0.15) is 0 Å². The molecule has 1 amide bonds. The first-order valence-corrected chi connectivity index (χ1v) is 7.85. The van der Waals surface area contributed by atoms with Crippen LogP contribution in [-0.4, -0.2) is 11.0 Å². The maximum absolute atomic E-state index is 12.7. The fourth-order valence-electron chi connectivity index (χ4n) is 4.00. The number of carbonyl (C=O) groups is 1. The Morgan fingerprint density at radius 3 is 2.65 bits per heavy atom. The monoisotopic (exact) mass is 348 g/mol. The van der Waals surface area contributed by atoms with Crippen molar-refractivity contribution in [2.24, 2.45) is 5.41 Å². The average molecular weight is 349 g/mol. The number of nitrogens with one attached hydrogen (secondary N) is 2. The van der Waals surface area contributed by atoms with Crippen LogP contribution in [0.5, 0.6) is 0 Å². The van der Waals surface area contributed by atoms with Crippen molar-refractivity contribution in [2.45, 2.75) is 24.8 Å². The fraction of sp³-hybridized carbons (Fsp3) is 0.333. The lowest BCUT2D eigenvalue weighted by Crippen LogP contribution is -2.54. The maximum Gasteiger partial charge on any atom is 0.257 e. The van der Waals surface area contributed by atoms with Gasteiger partial charge in [0.25, 0.3) is 5.91 Å². The Bertz CT molecular complexity index is 676. The minimum absolute atomic E-state index is 0.0111. The van der Waals surface area contributed by atoms with Gasteiger partial charge in [-0.05, 0) is 54.7 Å². The number of thiocarbonyl (C=S) groups is 1. The van der Waals surface area contributed by atoms with E-state index in [1.165, 1.54) is 5.56 Å². The summed E-state index contributed by atoms with van der Waals surface area (Å²) in [6, 6.07) is 6.21. The topological polar surface area (TPSA) is 41.1 Å². The quantitative estimate of drug-likeness (QED) is 0.559. The lowest BCUT2D eigenvalue weighted by Gasteiger charge is -2.39. The maximum atomic E-state index is 12.7. The van der Waals surface area contributed by atoms with Crippen LogP contribution in [0.4, 0.5) is 0 Å². The molecule has 0 radical (unpaired) electrons. The van der Waals surface area contributed by atoms with Crippen molar-refractivity contribution < 1.29 is 4.79 Å². The van der Waals surface area contributed by atoms with Gasteiger partial charge in [0.15, 0.2) is 10.7 Å². The molecule has 3 nitrogen and oxygen atoms in total. The molecule has 2 N–H and O–H groups in total. The second kappa shape index (κ2) is 3.92. The zero-order valence-corrected chi connectivity index (χ0v) is 13.1. The third-order valence-electron chi connectivity index (χ3n) is 4.85. The van der Waals surface area contributed by atoms with Crippen LogP contribution in [-0.2, 0) is 16.8 Å². The highest BCUT2D eigenvalue weighted by Gasteiger charge is 2.64. The zero-order valence-electron chi connectivity index (χ0n) is 10.7. The SMILES string of the molecule is O=C1NC(=S)NC12c1cc(Br)ccc1CC21CC=CC1. The minimum Gasteiger partial charge on any atom is -0.344 e. The minimum atomic E-state index is -0.716. The molecule has 1 saturated heterocycles. The summed E-state index contributed by atoms with van der Waals surface area (Å²) >= 11 is 8.73. The van der Waals surface area contributed by atoms with E-state index in [4.69, 9.17) is 12.2 Å². The summed E-state index contributed by atoms with van der Waals surface area (Å²) in [6.07, 6.45) is 7.08. The Kier molecular flexibility index (Phi) is 2.46. The largest absolute Gasteiger partial charge is 0.344 e. The van der Waals surface area contributed by atoms with Crippen molar-refractivity contribution in [1.82, 2.24) is 10.6 Å². The van der Waals surface area contributed by atoms with Crippen LogP contribution < -0.4 is 10.6 Å². The lowest BCUT2D eigenvalue weighted by molar-refractivity contribution is -0.128. The number of amides is 1. The summed E-state index contributed by atoms with van der Waals surface area (Å²) in [5, 5.41) is 6.54. The molecule has 1 fully saturated rings. The van der Waals surface area contributed by atoms with Gasteiger partial charge < -0.3 is 10.6 Å². The highest BCUT2D eigenvalue weighted by Crippen LogP contribution is 2.58. The number of carbonyl (C=O) groups excluding carboxylic acids is 1. The van der Waals surface area contributed by atoms with Crippen molar-refractivity contribution in [2.75, 3.05) is 0 Å². The predicted molar refractivity (Wildman–Crippen MR) is 84.2 cm³/mol. The zero-order chi connectivity index (χ0) is 14.0. The van der Waals surface area contributed by atoms with Crippen LogP contribution in [0.1, 0.15) is 24.0 Å². The molecule has 0 bridgehead atoms. The molecule has 1 unspecified atom stereocenters. The Balaban J connectivity index is 1.99. The van der Waals surface area contributed by atoms with Gasteiger partial charge in [0.05, 0.1) is 0 Å². The van der Waals surface area contributed by atoms with E-state index in [9.17, 15) is 4.79 Å². The standard InChI is InChI=1S/C15H13BrN2OS/c16-10-4-3-9-8-14(5-1-2-6-14)15(11(9)7-10)12(19)17-13(20)18-15/h1-4,7H,5-6,8H2,(H2,17,18,19,20). The molecule has 2 spiro atoms. The van der Waals surface area contributed by atoms with E-state index in [0.29, 0.717) is 5.11 Å². The van der Waals surface area contributed by atoms with Crippen molar-refractivity contribution in [3.05, 3.63) is 46.0 Å². The number of allylic oxidation sites excluding steroid dienone is 2. The predicted octanol–water partition coefficient (Wildman–Crippen LogP) is 2.54. The molecule has 4 rings (SSSR count). The summed E-state index contributed by atoms with van der Waals surface area (Å²) < 4.78 is 0.992. The summed E-state index contributed by atoms with van der Waals surface area (Å²) in [5.41, 5.74) is 1.46. The smallest absolute Gasteiger partial charge is 0.257 e. The van der Waals surface area contributed by atoms with Gasteiger partial charge in [0.2, 0.25) is 0 Å². The highest BCUT2D eigenvalue weighted by atomic mass is 79.9. The third-order valence-corrected chi connectivity index (χ3v) is 5.55. The third kappa shape index (κ3) is 1.35. The Morgan fingerprint density at radius 2 is 2.00 bits per heavy atom. The molecule has 0 aromatic heterocycles. The molecule has 1 atom stereocenters. The molecular weight excluding hydrogens is 336 g/mol. The van der Waals surface area contributed by atoms with Crippen molar-refractivity contribution >= 4 is 39.2 Å². The summed E-state index contributed by atoms with van der Waals surface area (Å²) in [6.45, 7) is 0. The number of fused-ring (bicyclic) bond motifs is 3. The first kappa shape index (κ1) is 12.5. The molecule has 1 aromatic carbocycles. The second-order valence-electron chi connectivity index (χ2n) is 5.80. The number of halogens is 1. The Hall–Kier alpha value is -1.20.